The number of pyridine rings is 1. The first-order chi connectivity index (χ1) is 15.7. The van der Waals surface area contributed by atoms with Crippen molar-refractivity contribution in [2.24, 2.45) is 0 Å². The van der Waals surface area contributed by atoms with Crippen LogP contribution in [0.5, 0.6) is 5.75 Å². The summed E-state index contributed by atoms with van der Waals surface area (Å²) in [7, 11) is 1.63. The number of carbonyl (C=O) groups excluding carboxylic acids is 1. The van der Waals surface area contributed by atoms with Crippen molar-refractivity contribution in [1.29, 1.82) is 0 Å². The number of benzene rings is 3. The molecule has 156 valence electrons. The molecule has 32 heavy (non-hydrogen) atoms. The summed E-state index contributed by atoms with van der Waals surface area (Å²) < 4.78 is 7.34. The van der Waals surface area contributed by atoms with Crippen LogP contribution < -0.4 is 4.74 Å². The van der Waals surface area contributed by atoms with Crippen LogP contribution in [0.15, 0.2) is 97.2 Å². The van der Waals surface area contributed by atoms with Crippen molar-refractivity contribution < 1.29 is 9.53 Å². The van der Waals surface area contributed by atoms with Gasteiger partial charge in [0.2, 0.25) is 0 Å². The number of rotatable bonds is 6. The van der Waals surface area contributed by atoms with Gasteiger partial charge in [0.05, 0.1) is 19.2 Å². The fourth-order valence-corrected chi connectivity index (χ4v) is 3.80. The summed E-state index contributed by atoms with van der Waals surface area (Å²) in [4.78, 5) is 22.5. The number of fused-ring (bicyclic) bond motifs is 1. The number of nitrogens with zero attached hydrogens (tertiary/aromatic N) is 3. The quantitative estimate of drug-likeness (QED) is 0.333. The smallest absolute Gasteiger partial charge is 0.182 e. The number of hydrogen-bond donors (Lipinski definition) is 0. The molecule has 0 atom stereocenters. The maximum atomic E-state index is 13.1. The molecule has 0 N–H and O–H groups in total. The van der Waals surface area contributed by atoms with E-state index in [1.54, 1.807) is 7.11 Å². The Bertz CT molecular complexity index is 1390. The Morgan fingerprint density at radius 3 is 2.31 bits per heavy atom. The molecule has 5 heteroatoms. The number of imidazole rings is 1. The van der Waals surface area contributed by atoms with Crippen molar-refractivity contribution >= 4 is 16.9 Å². The van der Waals surface area contributed by atoms with E-state index in [4.69, 9.17) is 9.72 Å². The molecule has 0 unspecified atom stereocenters. The average molecular weight is 419 g/mol. The molecule has 5 nitrogen and oxygen atoms in total. The molecular formula is C27H21N3O2. The Kier molecular flexibility index (Phi) is 5.22. The monoisotopic (exact) mass is 419 g/mol. The van der Waals surface area contributed by atoms with E-state index in [0.717, 1.165) is 28.0 Å². The molecular weight excluding hydrogens is 398 g/mol. The molecule has 2 aromatic heterocycles. The van der Waals surface area contributed by atoms with Crippen molar-refractivity contribution in [3.05, 3.63) is 103 Å². The van der Waals surface area contributed by atoms with Gasteiger partial charge in [-0.05, 0) is 23.8 Å². The van der Waals surface area contributed by atoms with Crippen LogP contribution in [0.25, 0.3) is 33.7 Å². The van der Waals surface area contributed by atoms with Gasteiger partial charge in [0.15, 0.2) is 11.4 Å². The van der Waals surface area contributed by atoms with Crippen LogP contribution in [-0.2, 0) is 6.54 Å². The fraction of sp³-hybridized carbons (Fsp3) is 0.0741. The highest BCUT2D eigenvalue weighted by Gasteiger charge is 2.18. The molecule has 0 amide bonds. The van der Waals surface area contributed by atoms with E-state index in [0.29, 0.717) is 17.0 Å². The van der Waals surface area contributed by atoms with Gasteiger partial charge in [-0.15, -0.1) is 0 Å². The Balaban J connectivity index is 1.67. The van der Waals surface area contributed by atoms with E-state index in [9.17, 15) is 4.79 Å². The molecule has 0 aliphatic carbocycles. The maximum absolute atomic E-state index is 13.1. The number of carbonyl (C=O) groups is 1. The highest BCUT2D eigenvalue weighted by atomic mass is 16.5. The number of Topliss-reactive ketones (excluding diaryl/α,β-unsaturated/α-hetero) is 1. The van der Waals surface area contributed by atoms with Crippen molar-refractivity contribution in [3.8, 4) is 28.3 Å². The Hall–Kier alpha value is -4.25. The van der Waals surface area contributed by atoms with Crippen LogP contribution >= 0.6 is 0 Å². The predicted molar refractivity (Wildman–Crippen MR) is 126 cm³/mol. The van der Waals surface area contributed by atoms with Gasteiger partial charge in [-0.1, -0.05) is 72.8 Å². The third-order valence-electron chi connectivity index (χ3n) is 5.44. The standard InChI is InChI=1S/C27H21N3O2/c1-32-23-14-8-13-21(15-23)27-29-26-24(16-22(17-28-26)19-9-4-2-5-10-19)30(27)18-25(31)20-11-6-3-7-12-20/h2-17H,18H2,1H3. The molecule has 0 saturated heterocycles. The highest BCUT2D eigenvalue weighted by molar-refractivity contribution is 5.97. The van der Waals surface area contributed by atoms with Gasteiger partial charge < -0.3 is 9.30 Å². The Labute approximate surface area is 186 Å². The maximum Gasteiger partial charge on any atom is 0.182 e. The molecule has 0 aliphatic heterocycles. The number of ether oxygens (including phenoxy) is 1. The minimum Gasteiger partial charge on any atom is -0.497 e. The van der Waals surface area contributed by atoms with Gasteiger partial charge in [-0.3, -0.25) is 4.79 Å². The Morgan fingerprint density at radius 1 is 0.844 bits per heavy atom. The minimum absolute atomic E-state index is 0.0131. The molecule has 0 aliphatic rings. The van der Waals surface area contributed by atoms with E-state index in [1.165, 1.54) is 0 Å². The second kappa shape index (κ2) is 8.47. The van der Waals surface area contributed by atoms with Crippen LogP contribution in [0.4, 0.5) is 0 Å². The molecule has 2 heterocycles. The van der Waals surface area contributed by atoms with Gasteiger partial charge in [-0.25, -0.2) is 9.97 Å². The number of methoxy groups -OCH3 is 1. The second-order valence-corrected chi connectivity index (χ2v) is 7.48. The zero-order chi connectivity index (χ0) is 21.9. The largest absolute Gasteiger partial charge is 0.497 e. The lowest BCUT2D eigenvalue weighted by Crippen LogP contribution is -2.11. The molecule has 5 rings (SSSR count). The molecule has 3 aromatic carbocycles. The van der Waals surface area contributed by atoms with Crippen LogP contribution in [0.1, 0.15) is 10.4 Å². The van der Waals surface area contributed by atoms with Gasteiger partial charge >= 0.3 is 0 Å². The molecule has 0 bridgehead atoms. The molecule has 0 saturated carbocycles. The molecule has 0 fully saturated rings. The first-order valence-corrected chi connectivity index (χ1v) is 10.4. The van der Waals surface area contributed by atoms with E-state index in [2.05, 4.69) is 4.98 Å². The number of ketones is 1. The zero-order valence-corrected chi connectivity index (χ0v) is 17.6. The first kappa shape index (κ1) is 19.7. The summed E-state index contributed by atoms with van der Waals surface area (Å²) in [6.07, 6.45) is 1.82. The number of hydrogen-bond acceptors (Lipinski definition) is 4. The van der Waals surface area contributed by atoms with Gasteiger partial charge in [0, 0.05) is 22.9 Å². The van der Waals surface area contributed by atoms with Gasteiger partial charge in [-0.2, -0.15) is 0 Å². The van der Waals surface area contributed by atoms with E-state index in [1.807, 2.05) is 102 Å². The second-order valence-electron chi connectivity index (χ2n) is 7.48. The third-order valence-corrected chi connectivity index (χ3v) is 5.44. The van der Waals surface area contributed by atoms with E-state index in [-0.39, 0.29) is 12.3 Å². The summed E-state index contributed by atoms with van der Waals surface area (Å²) in [5.74, 6) is 1.42. The normalized spacial score (nSPS) is 10.9. The fourth-order valence-electron chi connectivity index (χ4n) is 3.80. The van der Waals surface area contributed by atoms with Crippen molar-refractivity contribution in [2.75, 3.05) is 7.11 Å². The number of aromatic nitrogens is 3. The Morgan fingerprint density at radius 2 is 1.56 bits per heavy atom. The first-order valence-electron chi connectivity index (χ1n) is 10.4. The van der Waals surface area contributed by atoms with E-state index >= 15 is 0 Å². The summed E-state index contributed by atoms with van der Waals surface area (Å²) in [6, 6.07) is 29.1. The van der Waals surface area contributed by atoms with E-state index < -0.39 is 0 Å². The lowest BCUT2D eigenvalue weighted by atomic mass is 10.1. The lowest BCUT2D eigenvalue weighted by Gasteiger charge is -2.10. The van der Waals surface area contributed by atoms with Crippen LogP contribution in [-0.4, -0.2) is 27.4 Å². The molecule has 5 aromatic rings. The topological polar surface area (TPSA) is 57.0 Å². The summed E-state index contributed by atoms with van der Waals surface area (Å²) in [5, 5.41) is 0. The summed E-state index contributed by atoms with van der Waals surface area (Å²) in [5.41, 5.74) is 4.98. The van der Waals surface area contributed by atoms with Crippen LogP contribution in [0.2, 0.25) is 0 Å². The van der Waals surface area contributed by atoms with Gasteiger partial charge in [0.1, 0.15) is 11.6 Å². The molecule has 0 radical (unpaired) electrons. The van der Waals surface area contributed by atoms with Gasteiger partial charge in [0.25, 0.3) is 0 Å². The lowest BCUT2D eigenvalue weighted by molar-refractivity contribution is 0.0974. The molecule has 0 spiro atoms. The predicted octanol–water partition coefficient (Wildman–Crippen LogP) is 5.66. The minimum atomic E-state index is 0.0131. The third kappa shape index (κ3) is 3.76. The summed E-state index contributed by atoms with van der Waals surface area (Å²) >= 11 is 0. The van der Waals surface area contributed by atoms with Crippen LogP contribution in [0.3, 0.4) is 0 Å². The highest BCUT2D eigenvalue weighted by Crippen LogP contribution is 2.29. The summed E-state index contributed by atoms with van der Waals surface area (Å²) in [6.45, 7) is 0.160. The van der Waals surface area contributed by atoms with Crippen molar-refractivity contribution in [3.63, 3.8) is 0 Å². The van der Waals surface area contributed by atoms with Crippen LogP contribution in [0, 0.1) is 0 Å². The van der Waals surface area contributed by atoms with Crippen molar-refractivity contribution in [2.45, 2.75) is 6.54 Å². The van der Waals surface area contributed by atoms with Crippen molar-refractivity contribution in [1.82, 2.24) is 14.5 Å². The average Bonchev–Trinajstić information content (AvgIpc) is 3.22. The SMILES string of the molecule is COc1cccc(-c2nc3ncc(-c4ccccc4)cc3n2CC(=O)c2ccccc2)c1. The zero-order valence-electron chi connectivity index (χ0n) is 17.6.